The average Bonchev–Trinajstić information content (AvgIpc) is 2.95. The molecule has 1 atom stereocenters. The summed E-state index contributed by atoms with van der Waals surface area (Å²) in [7, 11) is 0. The lowest BCUT2D eigenvalue weighted by molar-refractivity contribution is -0.115. The predicted octanol–water partition coefficient (Wildman–Crippen LogP) is 4.10. The number of anilines is 2. The number of hydrogen-bond acceptors (Lipinski definition) is 6. The van der Waals surface area contributed by atoms with Crippen LogP contribution in [0.2, 0.25) is 0 Å². The Morgan fingerprint density at radius 3 is 2.83 bits per heavy atom. The first-order valence-electron chi connectivity index (χ1n) is 7.61. The van der Waals surface area contributed by atoms with Crippen LogP contribution in [-0.4, -0.2) is 27.9 Å². The van der Waals surface area contributed by atoms with Crippen LogP contribution in [0.3, 0.4) is 0 Å². The van der Waals surface area contributed by atoms with Gasteiger partial charge in [0.05, 0.1) is 5.25 Å². The van der Waals surface area contributed by atoms with E-state index >= 15 is 0 Å². The molecular weight excluding hydrogens is 328 g/mol. The summed E-state index contributed by atoms with van der Waals surface area (Å²) in [5.41, 5.74) is 3.11. The quantitative estimate of drug-likeness (QED) is 0.736. The van der Waals surface area contributed by atoms with Crippen LogP contribution in [-0.2, 0) is 4.79 Å². The molecule has 124 valence electrons. The highest BCUT2D eigenvalue weighted by molar-refractivity contribution is 8.02. The van der Waals surface area contributed by atoms with E-state index in [1.807, 2.05) is 32.9 Å². The third kappa shape index (κ3) is 5.21. The van der Waals surface area contributed by atoms with Crippen LogP contribution in [0, 0.1) is 13.8 Å². The van der Waals surface area contributed by atoms with Crippen LogP contribution in [0.15, 0.2) is 22.5 Å². The SMILES string of the molecule is CCCNc1nnc(S[C@H](C)C(=O)Nc2ccc(C)cc2C)s1. The molecule has 0 aliphatic carbocycles. The summed E-state index contributed by atoms with van der Waals surface area (Å²) in [5.74, 6) is -0.0276. The number of amides is 1. The van der Waals surface area contributed by atoms with Gasteiger partial charge in [0.2, 0.25) is 11.0 Å². The van der Waals surface area contributed by atoms with Crippen molar-refractivity contribution in [1.82, 2.24) is 10.2 Å². The van der Waals surface area contributed by atoms with Gasteiger partial charge >= 0.3 is 0 Å². The van der Waals surface area contributed by atoms with Crippen molar-refractivity contribution in [3.63, 3.8) is 0 Å². The number of aromatic nitrogens is 2. The van der Waals surface area contributed by atoms with Crippen molar-refractivity contribution in [2.24, 2.45) is 0 Å². The summed E-state index contributed by atoms with van der Waals surface area (Å²) in [6.45, 7) is 8.89. The smallest absolute Gasteiger partial charge is 0.237 e. The van der Waals surface area contributed by atoms with Gasteiger partial charge in [-0.2, -0.15) is 0 Å². The van der Waals surface area contributed by atoms with E-state index in [9.17, 15) is 4.79 Å². The Balaban J connectivity index is 1.93. The van der Waals surface area contributed by atoms with E-state index in [1.165, 1.54) is 28.7 Å². The molecule has 0 fully saturated rings. The van der Waals surface area contributed by atoms with Crippen molar-refractivity contribution in [3.8, 4) is 0 Å². The standard InChI is InChI=1S/C16H22N4OS2/c1-5-8-17-15-19-20-16(23-15)22-12(4)14(21)18-13-7-6-10(2)9-11(13)3/h6-7,9,12H,5,8H2,1-4H3,(H,17,19)(H,18,21)/t12-/m1/s1. The summed E-state index contributed by atoms with van der Waals surface area (Å²) in [6, 6.07) is 6.00. The molecule has 0 unspecified atom stereocenters. The second kappa shape index (κ2) is 8.31. The zero-order chi connectivity index (χ0) is 16.8. The van der Waals surface area contributed by atoms with Gasteiger partial charge in [-0.25, -0.2) is 0 Å². The van der Waals surface area contributed by atoms with Gasteiger partial charge in [-0.15, -0.1) is 10.2 Å². The molecule has 7 heteroatoms. The van der Waals surface area contributed by atoms with Gasteiger partial charge in [0.25, 0.3) is 0 Å². The fourth-order valence-electron chi connectivity index (χ4n) is 1.95. The lowest BCUT2D eigenvalue weighted by Gasteiger charge is -2.12. The Labute approximate surface area is 145 Å². The van der Waals surface area contributed by atoms with E-state index in [1.54, 1.807) is 0 Å². The highest BCUT2D eigenvalue weighted by atomic mass is 32.2. The second-order valence-corrected chi connectivity index (χ2v) is 7.93. The number of thioether (sulfide) groups is 1. The Kier molecular flexibility index (Phi) is 6.41. The summed E-state index contributed by atoms with van der Waals surface area (Å²) in [5, 5.41) is 14.9. The topological polar surface area (TPSA) is 66.9 Å². The van der Waals surface area contributed by atoms with Crippen LogP contribution >= 0.6 is 23.1 Å². The zero-order valence-corrected chi connectivity index (χ0v) is 15.5. The third-order valence-corrected chi connectivity index (χ3v) is 5.28. The van der Waals surface area contributed by atoms with E-state index in [2.05, 4.69) is 33.8 Å². The van der Waals surface area contributed by atoms with E-state index in [-0.39, 0.29) is 11.2 Å². The van der Waals surface area contributed by atoms with Gasteiger partial charge in [0.1, 0.15) is 0 Å². The van der Waals surface area contributed by atoms with Gasteiger partial charge in [0.15, 0.2) is 4.34 Å². The molecule has 2 rings (SSSR count). The van der Waals surface area contributed by atoms with Crippen molar-refractivity contribution in [3.05, 3.63) is 29.3 Å². The molecule has 1 heterocycles. The predicted molar refractivity (Wildman–Crippen MR) is 98.6 cm³/mol. The number of nitrogens with one attached hydrogen (secondary N) is 2. The Morgan fingerprint density at radius 2 is 2.13 bits per heavy atom. The van der Waals surface area contributed by atoms with Crippen molar-refractivity contribution >= 4 is 39.8 Å². The molecule has 23 heavy (non-hydrogen) atoms. The number of carbonyl (C=O) groups excluding carboxylic acids is 1. The molecule has 0 saturated carbocycles. The maximum Gasteiger partial charge on any atom is 0.237 e. The highest BCUT2D eigenvalue weighted by Gasteiger charge is 2.18. The van der Waals surface area contributed by atoms with Crippen molar-refractivity contribution in [1.29, 1.82) is 0 Å². The first-order valence-corrected chi connectivity index (χ1v) is 9.31. The van der Waals surface area contributed by atoms with Gasteiger partial charge < -0.3 is 10.6 Å². The number of benzene rings is 1. The molecule has 0 radical (unpaired) electrons. The lowest BCUT2D eigenvalue weighted by Crippen LogP contribution is -2.22. The van der Waals surface area contributed by atoms with Crippen LogP contribution < -0.4 is 10.6 Å². The third-order valence-electron chi connectivity index (χ3n) is 3.22. The van der Waals surface area contributed by atoms with E-state index in [4.69, 9.17) is 0 Å². The lowest BCUT2D eigenvalue weighted by atomic mass is 10.1. The Bertz CT molecular complexity index is 672. The fourth-order valence-corrected chi connectivity index (χ4v) is 3.88. The fraction of sp³-hybridized carbons (Fsp3) is 0.438. The number of aryl methyl sites for hydroxylation is 2. The molecule has 0 bridgehead atoms. The minimum Gasteiger partial charge on any atom is -0.360 e. The van der Waals surface area contributed by atoms with Gasteiger partial charge in [-0.1, -0.05) is 47.7 Å². The first-order chi connectivity index (χ1) is 11.0. The highest BCUT2D eigenvalue weighted by Crippen LogP contribution is 2.29. The second-order valence-electron chi connectivity index (χ2n) is 5.37. The minimum atomic E-state index is -0.234. The molecule has 1 amide bonds. The molecule has 0 aliphatic rings. The number of carbonyl (C=O) groups is 1. The monoisotopic (exact) mass is 350 g/mol. The zero-order valence-electron chi connectivity index (χ0n) is 13.8. The van der Waals surface area contributed by atoms with Crippen LogP contribution in [0.4, 0.5) is 10.8 Å². The minimum absolute atomic E-state index is 0.0276. The largest absolute Gasteiger partial charge is 0.360 e. The number of hydrogen-bond donors (Lipinski definition) is 2. The Hall–Kier alpha value is -1.60. The maximum absolute atomic E-state index is 12.3. The summed E-state index contributed by atoms with van der Waals surface area (Å²) in [4.78, 5) is 12.3. The Morgan fingerprint density at radius 1 is 1.35 bits per heavy atom. The molecule has 1 aromatic heterocycles. The molecule has 2 aromatic rings. The van der Waals surface area contributed by atoms with Gasteiger partial charge in [-0.05, 0) is 38.8 Å². The summed E-state index contributed by atoms with van der Waals surface area (Å²) < 4.78 is 0.798. The molecule has 2 N–H and O–H groups in total. The molecule has 0 saturated heterocycles. The van der Waals surface area contributed by atoms with Crippen molar-refractivity contribution in [2.75, 3.05) is 17.2 Å². The van der Waals surface area contributed by atoms with Crippen LogP contribution in [0.5, 0.6) is 0 Å². The molecular formula is C16H22N4OS2. The normalized spacial score (nSPS) is 12.0. The first kappa shape index (κ1) is 17.7. The summed E-state index contributed by atoms with van der Waals surface area (Å²) >= 11 is 2.91. The van der Waals surface area contributed by atoms with Gasteiger partial charge in [-0.3, -0.25) is 4.79 Å². The van der Waals surface area contributed by atoms with Gasteiger partial charge in [0, 0.05) is 12.2 Å². The van der Waals surface area contributed by atoms with E-state index < -0.39 is 0 Å². The van der Waals surface area contributed by atoms with Crippen molar-refractivity contribution in [2.45, 2.75) is 43.7 Å². The molecule has 1 aromatic carbocycles. The van der Waals surface area contributed by atoms with Crippen LogP contribution in [0.1, 0.15) is 31.4 Å². The van der Waals surface area contributed by atoms with Crippen molar-refractivity contribution < 1.29 is 4.79 Å². The van der Waals surface area contributed by atoms with Crippen LogP contribution in [0.25, 0.3) is 0 Å². The molecule has 0 spiro atoms. The molecule has 5 nitrogen and oxygen atoms in total. The maximum atomic E-state index is 12.3. The average molecular weight is 351 g/mol. The number of nitrogens with zero attached hydrogens (tertiary/aromatic N) is 2. The summed E-state index contributed by atoms with van der Waals surface area (Å²) in [6.07, 6.45) is 1.04. The van der Waals surface area contributed by atoms with E-state index in [0.717, 1.165) is 33.7 Å². The molecule has 0 aliphatic heterocycles. The number of rotatable bonds is 7. The van der Waals surface area contributed by atoms with E-state index in [0.29, 0.717) is 0 Å².